The van der Waals surface area contributed by atoms with Crippen molar-refractivity contribution in [1.29, 1.82) is 0 Å². The van der Waals surface area contributed by atoms with Crippen LogP contribution in [0.2, 0.25) is 0 Å². The number of aromatic nitrogens is 2. The molecule has 6 rings (SSSR count). The summed E-state index contributed by atoms with van der Waals surface area (Å²) in [4.78, 5) is 28.6. The number of methoxy groups -OCH3 is 3. The minimum absolute atomic E-state index is 0.0436. The number of rotatable bonds is 9. The summed E-state index contributed by atoms with van der Waals surface area (Å²) in [5.41, 5.74) is 1.64. The maximum atomic E-state index is 14.6. The molecule has 9 nitrogen and oxygen atoms in total. The number of ketones is 1. The van der Waals surface area contributed by atoms with Crippen LogP contribution in [-0.2, 0) is 15.3 Å². The molecule has 1 aliphatic heterocycles. The molecule has 0 radical (unpaired) electrons. The molecule has 1 fully saturated rings. The first kappa shape index (κ1) is 31.1. The monoisotopic (exact) mass is 657 g/mol. The molecular weight excluding hydrogens is 630 g/mol. The van der Waals surface area contributed by atoms with Gasteiger partial charge in [-0.15, -0.1) is 10.2 Å². The van der Waals surface area contributed by atoms with E-state index in [1.165, 1.54) is 50.1 Å². The van der Waals surface area contributed by atoms with Crippen molar-refractivity contribution in [3.05, 3.63) is 106 Å². The molecule has 0 aliphatic carbocycles. The Kier molecular flexibility index (Phi) is 8.65. The van der Waals surface area contributed by atoms with Crippen molar-refractivity contribution < 1.29 is 33.3 Å². The van der Waals surface area contributed by atoms with E-state index >= 15 is 0 Å². The van der Waals surface area contributed by atoms with E-state index in [0.717, 1.165) is 33.7 Å². The fraction of sp³-hybridized carbons (Fsp3) is 0.176. The molecule has 0 saturated carbocycles. The Morgan fingerprint density at radius 3 is 2.37 bits per heavy atom. The molecule has 0 spiro atoms. The zero-order valence-electron chi connectivity index (χ0n) is 25.2. The van der Waals surface area contributed by atoms with E-state index in [-0.39, 0.29) is 27.8 Å². The molecule has 2 heterocycles. The van der Waals surface area contributed by atoms with Crippen LogP contribution in [0.3, 0.4) is 0 Å². The predicted octanol–water partition coefficient (Wildman–Crippen LogP) is 7.08. The third kappa shape index (κ3) is 5.54. The quantitative estimate of drug-likeness (QED) is 0.0584. The lowest BCUT2D eigenvalue weighted by atomic mass is 9.94. The van der Waals surface area contributed by atoms with Gasteiger partial charge in [-0.1, -0.05) is 77.7 Å². The number of ether oxygens (including phenoxy) is 3. The standard InChI is InChI=1S/C34H28FN3O6S2/c1-18-12-13-20(14-24(18)35)29(39)27-28(22-15-25(42-2)31(44-4)26(16-22)43-3)38(32(41)30(27)40)33-36-37-34(46-33)45-17-21-10-7-9-19-8-5-6-11-23(19)21/h5-16,28,39H,17H2,1-4H3/t28-/m1/s1. The molecule has 5 aromatic rings. The molecule has 4 aromatic carbocycles. The number of amides is 1. The van der Waals surface area contributed by atoms with E-state index in [2.05, 4.69) is 28.4 Å². The second-order valence-electron chi connectivity index (χ2n) is 10.4. The van der Waals surface area contributed by atoms with Crippen molar-refractivity contribution in [3.8, 4) is 17.2 Å². The van der Waals surface area contributed by atoms with E-state index in [1.54, 1.807) is 19.1 Å². The van der Waals surface area contributed by atoms with Crippen molar-refractivity contribution in [2.24, 2.45) is 0 Å². The summed E-state index contributed by atoms with van der Waals surface area (Å²) in [5, 5.41) is 22.5. The molecule has 234 valence electrons. The molecular formula is C34H28FN3O6S2. The fourth-order valence-electron chi connectivity index (χ4n) is 5.42. The van der Waals surface area contributed by atoms with Crippen LogP contribution < -0.4 is 19.1 Å². The van der Waals surface area contributed by atoms with Crippen molar-refractivity contribution in [1.82, 2.24) is 10.2 Å². The molecule has 1 N–H and O–H groups in total. The Morgan fingerprint density at radius 2 is 1.67 bits per heavy atom. The van der Waals surface area contributed by atoms with E-state index in [1.807, 2.05) is 24.3 Å². The van der Waals surface area contributed by atoms with Gasteiger partial charge in [-0.25, -0.2) is 4.39 Å². The number of nitrogens with zero attached hydrogens (tertiary/aromatic N) is 3. The Balaban J connectivity index is 1.44. The van der Waals surface area contributed by atoms with Gasteiger partial charge >= 0.3 is 5.91 Å². The summed E-state index contributed by atoms with van der Waals surface area (Å²) in [6, 6.07) is 20.3. The lowest BCUT2D eigenvalue weighted by Gasteiger charge is -2.24. The van der Waals surface area contributed by atoms with Gasteiger partial charge in [-0.05, 0) is 52.6 Å². The third-order valence-electron chi connectivity index (χ3n) is 7.73. The maximum absolute atomic E-state index is 14.6. The average molecular weight is 658 g/mol. The number of benzene rings is 4. The van der Waals surface area contributed by atoms with E-state index < -0.39 is 29.3 Å². The summed E-state index contributed by atoms with van der Waals surface area (Å²) in [6.07, 6.45) is 0. The first-order valence-corrected chi connectivity index (χ1v) is 15.9. The van der Waals surface area contributed by atoms with Gasteiger partial charge in [0.05, 0.1) is 32.9 Å². The minimum atomic E-state index is -1.18. The van der Waals surface area contributed by atoms with Gasteiger partial charge in [0, 0.05) is 11.3 Å². The summed E-state index contributed by atoms with van der Waals surface area (Å²) >= 11 is 2.60. The summed E-state index contributed by atoms with van der Waals surface area (Å²) in [5.74, 6) is -1.54. The number of hydrogen-bond acceptors (Lipinski definition) is 10. The predicted molar refractivity (Wildman–Crippen MR) is 175 cm³/mol. The van der Waals surface area contributed by atoms with Gasteiger partial charge in [0.2, 0.25) is 10.9 Å². The van der Waals surface area contributed by atoms with E-state index in [9.17, 15) is 19.1 Å². The van der Waals surface area contributed by atoms with Gasteiger partial charge in [-0.3, -0.25) is 14.5 Å². The van der Waals surface area contributed by atoms with Crippen LogP contribution in [0.15, 0.2) is 82.7 Å². The Labute approximate surface area is 272 Å². The number of aliphatic hydroxyl groups is 1. The number of halogens is 1. The molecule has 1 saturated heterocycles. The number of Topliss-reactive ketones (excluding diaryl/α,β-unsaturated/α-hetero) is 1. The summed E-state index contributed by atoms with van der Waals surface area (Å²) < 4.78 is 31.7. The normalized spacial score (nSPS) is 15.8. The molecule has 12 heteroatoms. The van der Waals surface area contributed by atoms with Crippen molar-refractivity contribution in [2.75, 3.05) is 26.2 Å². The molecule has 1 amide bonds. The minimum Gasteiger partial charge on any atom is -0.507 e. The highest BCUT2D eigenvalue weighted by molar-refractivity contribution is 8.00. The fourth-order valence-corrected chi connectivity index (χ4v) is 7.29. The number of thioether (sulfide) groups is 1. The van der Waals surface area contributed by atoms with Crippen molar-refractivity contribution in [2.45, 2.75) is 23.1 Å². The number of hydrogen-bond donors (Lipinski definition) is 1. The smallest absolute Gasteiger partial charge is 0.301 e. The first-order valence-electron chi connectivity index (χ1n) is 14.1. The van der Waals surface area contributed by atoms with Crippen LogP contribution in [0.1, 0.15) is 28.3 Å². The number of aryl methyl sites for hydroxylation is 1. The highest BCUT2D eigenvalue weighted by atomic mass is 32.2. The molecule has 0 unspecified atom stereocenters. The molecule has 0 bridgehead atoms. The van der Waals surface area contributed by atoms with Gasteiger partial charge in [0.15, 0.2) is 15.8 Å². The molecule has 1 aromatic heterocycles. The lowest BCUT2D eigenvalue weighted by Crippen LogP contribution is -2.29. The van der Waals surface area contributed by atoms with Crippen LogP contribution in [-0.4, -0.2) is 48.3 Å². The highest BCUT2D eigenvalue weighted by Gasteiger charge is 2.49. The van der Waals surface area contributed by atoms with Gasteiger partial charge in [0.25, 0.3) is 5.78 Å². The zero-order chi connectivity index (χ0) is 32.5. The van der Waals surface area contributed by atoms with Gasteiger partial charge < -0.3 is 19.3 Å². The molecule has 1 atom stereocenters. The van der Waals surface area contributed by atoms with Crippen LogP contribution in [0, 0.1) is 12.7 Å². The van der Waals surface area contributed by atoms with Crippen LogP contribution in [0.5, 0.6) is 17.2 Å². The second kappa shape index (κ2) is 12.8. The Bertz CT molecular complexity index is 2000. The van der Waals surface area contributed by atoms with Gasteiger partial charge in [-0.2, -0.15) is 0 Å². The number of carbonyl (C=O) groups excluding carboxylic acids is 2. The van der Waals surface area contributed by atoms with Crippen LogP contribution >= 0.6 is 23.1 Å². The second-order valence-corrected chi connectivity index (χ2v) is 12.5. The van der Waals surface area contributed by atoms with Gasteiger partial charge in [0.1, 0.15) is 11.6 Å². The third-order valence-corrected chi connectivity index (χ3v) is 9.83. The van der Waals surface area contributed by atoms with Crippen LogP contribution in [0.25, 0.3) is 16.5 Å². The summed E-state index contributed by atoms with van der Waals surface area (Å²) in [7, 11) is 4.34. The number of anilines is 1. The van der Waals surface area contributed by atoms with E-state index in [0.29, 0.717) is 27.0 Å². The number of fused-ring (bicyclic) bond motifs is 1. The maximum Gasteiger partial charge on any atom is 0.301 e. The number of carbonyl (C=O) groups is 2. The largest absolute Gasteiger partial charge is 0.507 e. The average Bonchev–Trinajstić information content (AvgIpc) is 3.65. The SMILES string of the molecule is COc1cc([C@@H]2C(=C(O)c3ccc(C)c(F)c3)C(=O)C(=O)N2c2nnc(SCc3cccc4ccccc34)s2)cc(OC)c1OC. The highest BCUT2D eigenvalue weighted by Crippen LogP contribution is 2.48. The Hall–Kier alpha value is -4.94. The lowest BCUT2D eigenvalue weighted by molar-refractivity contribution is -0.132. The zero-order valence-corrected chi connectivity index (χ0v) is 26.9. The van der Waals surface area contributed by atoms with E-state index in [4.69, 9.17) is 14.2 Å². The Morgan fingerprint density at radius 1 is 0.957 bits per heavy atom. The van der Waals surface area contributed by atoms with Crippen LogP contribution in [0.4, 0.5) is 9.52 Å². The topological polar surface area (TPSA) is 111 Å². The first-order chi connectivity index (χ1) is 22.2. The number of aliphatic hydroxyl groups excluding tert-OH is 1. The molecule has 1 aliphatic rings. The molecule has 46 heavy (non-hydrogen) atoms. The summed E-state index contributed by atoms with van der Waals surface area (Å²) in [6.45, 7) is 1.58. The van der Waals surface area contributed by atoms with Crippen molar-refractivity contribution >= 4 is 56.5 Å². The van der Waals surface area contributed by atoms with Crippen molar-refractivity contribution in [3.63, 3.8) is 0 Å².